The highest BCUT2D eigenvalue weighted by Gasteiger charge is 2.22. The van der Waals surface area contributed by atoms with Crippen LogP contribution in [0.25, 0.3) is 0 Å². The fourth-order valence-electron chi connectivity index (χ4n) is 1.92. The third kappa shape index (κ3) is 3.49. The molecule has 1 atom stereocenters. The van der Waals surface area contributed by atoms with E-state index in [0.29, 0.717) is 12.3 Å². The van der Waals surface area contributed by atoms with E-state index in [1.54, 1.807) is 6.92 Å². The van der Waals surface area contributed by atoms with Crippen LogP contribution in [0.5, 0.6) is 5.75 Å². The molecule has 0 spiro atoms. The van der Waals surface area contributed by atoms with Crippen molar-refractivity contribution in [3.63, 3.8) is 0 Å². The first-order valence-electron chi connectivity index (χ1n) is 6.51. The molecule has 98 valence electrons. The van der Waals surface area contributed by atoms with Crippen LogP contribution in [-0.4, -0.2) is 17.7 Å². The molecule has 1 N–H and O–H groups in total. The first-order valence-corrected chi connectivity index (χ1v) is 6.51. The number of hydrogen-bond donors (Lipinski definition) is 1. The number of hydrogen-bond acceptors (Lipinski definition) is 2. The highest BCUT2D eigenvalue weighted by Crippen LogP contribution is 2.31. The highest BCUT2D eigenvalue weighted by molar-refractivity contribution is 5.70. The molecular weight excluding hydrogens is 228 g/mol. The molecule has 3 nitrogen and oxygen atoms in total. The van der Waals surface area contributed by atoms with E-state index in [4.69, 9.17) is 9.84 Å². The topological polar surface area (TPSA) is 46.5 Å². The van der Waals surface area contributed by atoms with Crippen LogP contribution in [0.15, 0.2) is 18.2 Å². The van der Waals surface area contributed by atoms with Gasteiger partial charge in [0, 0.05) is 0 Å². The van der Waals surface area contributed by atoms with E-state index in [0.717, 1.165) is 23.5 Å². The van der Waals surface area contributed by atoms with E-state index in [9.17, 15) is 4.79 Å². The monoisotopic (exact) mass is 248 g/mol. The maximum Gasteiger partial charge on any atom is 0.306 e. The van der Waals surface area contributed by atoms with E-state index < -0.39 is 5.97 Å². The summed E-state index contributed by atoms with van der Waals surface area (Å²) >= 11 is 0. The molecular formula is C15H20O3. The normalized spacial score (nSPS) is 16.3. The van der Waals surface area contributed by atoms with Crippen LogP contribution in [0.1, 0.15) is 30.9 Å². The molecule has 1 saturated carbocycles. The third-order valence-corrected chi connectivity index (χ3v) is 3.34. The van der Waals surface area contributed by atoms with Gasteiger partial charge >= 0.3 is 5.97 Å². The Hall–Kier alpha value is -1.51. The summed E-state index contributed by atoms with van der Waals surface area (Å²) in [7, 11) is 0. The number of ether oxygens (including phenoxy) is 1. The Morgan fingerprint density at radius 1 is 1.50 bits per heavy atom. The van der Waals surface area contributed by atoms with E-state index in [2.05, 4.69) is 0 Å². The van der Waals surface area contributed by atoms with Crippen molar-refractivity contribution in [3.8, 4) is 5.75 Å². The van der Waals surface area contributed by atoms with Crippen molar-refractivity contribution >= 4 is 5.97 Å². The van der Waals surface area contributed by atoms with Crippen molar-refractivity contribution < 1.29 is 14.6 Å². The SMILES string of the molecule is Cc1ccc(OCC2CC2)c(CC(C)C(=O)O)c1. The molecule has 0 aliphatic heterocycles. The molecule has 0 radical (unpaired) electrons. The fraction of sp³-hybridized carbons (Fsp3) is 0.533. The second-order valence-corrected chi connectivity index (χ2v) is 5.31. The van der Waals surface area contributed by atoms with Crippen LogP contribution < -0.4 is 4.74 Å². The number of carboxylic acids is 1. The first-order chi connectivity index (χ1) is 8.56. The number of rotatable bonds is 6. The molecule has 3 heteroatoms. The van der Waals surface area contributed by atoms with Crippen LogP contribution in [0.3, 0.4) is 0 Å². The molecule has 0 amide bonds. The molecule has 0 aromatic heterocycles. The molecule has 1 aromatic rings. The van der Waals surface area contributed by atoms with Crippen LogP contribution in [-0.2, 0) is 11.2 Å². The molecule has 2 rings (SSSR count). The van der Waals surface area contributed by atoms with Gasteiger partial charge in [0.25, 0.3) is 0 Å². The van der Waals surface area contributed by atoms with Gasteiger partial charge in [0.15, 0.2) is 0 Å². The Bertz CT molecular complexity index is 435. The van der Waals surface area contributed by atoms with E-state index >= 15 is 0 Å². The molecule has 18 heavy (non-hydrogen) atoms. The second kappa shape index (κ2) is 5.42. The summed E-state index contributed by atoms with van der Waals surface area (Å²) < 4.78 is 5.80. The zero-order chi connectivity index (χ0) is 13.1. The Kier molecular flexibility index (Phi) is 3.90. The summed E-state index contributed by atoms with van der Waals surface area (Å²) in [6, 6.07) is 6.00. The molecule has 1 aliphatic carbocycles. The summed E-state index contributed by atoms with van der Waals surface area (Å²) in [5, 5.41) is 8.99. The Morgan fingerprint density at radius 3 is 2.83 bits per heavy atom. The summed E-state index contributed by atoms with van der Waals surface area (Å²) in [6.45, 7) is 4.51. The van der Waals surface area contributed by atoms with Gasteiger partial charge in [-0.25, -0.2) is 0 Å². The van der Waals surface area contributed by atoms with Crippen LogP contribution >= 0.6 is 0 Å². The van der Waals surface area contributed by atoms with Gasteiger partial charge in [0.1, 0.15) is 5.75 Å². The number of benzene rings is 1. The van der Waals surface area contributed by atoms with E-state index in [1.165, 1.54) is 12.8 Å². The zero-order valence-corrected chi connectivity index (χ0v) is 11.0. The summed E-state index contributed by atoms with van der Waals surface area (Å²) in [4.78, 5) is 10.9. The first kappa shape index (κ1) is 12.9. The average Bonchev–Trinajstić information content (AvgIpc) is 3.11. The van der Waals surface area contributed by atoms with Gasteiger partial charge in [-0.2, -0.15) is 0 Å². The van der Waals surface area contributed by atoms with Crippen molar-refractivity contribution in [2.75, 3.05) is 6.61 Å². The van der Waals surface area contributed by atoms with Gasteiger partial charge in [-0.3, -0.25) is 4.79 Å². The lowest BCUT2D eigenvalue weighted by atomic mass is 9.99. The molecule has 0 heterocycles. The Balaban J connectivity index is 2.08. The average molecular weight is 248 g/mol. The molecule has 1 unspecified atom stereocenters. The van der Waals surface area contributed by atoms with Crippen molar-refractivity contribution in [2.45, 2.75) is 33.1 Å². The highest BCUT2D eigenvalue weighted by atomic mass is 16.5. The van der Waals surface area contributed by atoms with Gasteiger partial charge in [0.2, 0.25) is 0 Å². The van der Waals surface area contributed by atoms with Gasteiger partial charge < -0.3 is 9.84 Å². The maximum absolute atomic E-state index is 10.9. The summed E-state index contributed by atoms with van der Waals surface area (Å²) in [5.41, 5.74) is 2.15. The summed E-state index contributed by atoms with van der Waals surface area (Å²) in [5.74, 6) is 0.413. The Labute approximate surface area is 108 Å². The number of aryl methyl sites for hydroxylation is 1. The molecule has 1 fully saturated rings. The fourth-order valence-corrected chi connectivity index (χ4v) is 1.92. The molecule has 1 aromatic carbocycles. The lowest BCUT2D eigenvalue weighted by Gasteiger charge is -2.14. The van der Waals surface area contributed by atoms with Gasteiger partial charge in [0.05, 0.1) is 12.5 Å². The van der Waals surface area contributed by atoms with Crippen molar-refractivity contribution in [1.82, 2.24) is 0 Å². The van der Waals surface area contributed by atoms with Crippen molar-refractivity contribution in [1.29, 1.82) is 0 Å². The minimum atomic E-state index is -0.760. The van der Waals surface area contributed by atoms with Gasteiger partial charge in [-0.15, -0.1) is 0 Å². The summed E-state index contributed by atoms with van der Waals surface area (Å²) in [6.07, 6.45) is 3.04. The minimum absolute atomic E-state index is 0.380. The largest absolute Gasteiger partial charge is 0.493 e. The standard InChI is InChI=1S/C15H20O3/c1-10-3-6-14(18-9-12-4-5-12)13(7-10)8-11(2)15(16)17/h3,6-7,11-12H,4-5,8-9H2,1-2H3,(H,16,17). The van der Waals surface area contributed by atoms with E-state index in [1.807, 2.05) is 25.1 Å². The van der Waals surface area contributed by atoms with Gasteiger partial charge in [-0.1, -0.05) is 24.6 Å². The van der Waals surface area contributed by atoms with Crippen LogP contribution in [0, 0.1) is 18.8 Å². The number of carboxylic acid groups (broad SMARTS) is 1. The quantitative estimate of drug-likeness (QED) is 0.841. The third-order valence-electron chi connectivity index (χ3n) is 3.34. The predicted molar refractivity (Wildman–Crippen MR) is 69.9 cm³/mol. The lowest BCUT2D eigenvalue weighted by Crippen LogP contribution is -2.13. The molecule has 0 bridgehead atoms. The molecule has 1 aliphatic rings. The van der Waals surface area contributed by atoms with Crippen molar-refractivity contribution in [3.05, 3.63) is 29.3 Å². The molecule has 0 saturated heterocycles. The maximum atomic E-state index is 10.9. The smallest absolute Gasteiger partial charge is 0.306 e. The Morgan fingerprint density at radius 2 is 2.22 bits per heavy atom. The zero-order valence-electron chi connectivity index (χ0n) is 11.0. The minimum Gasteiger partial charge on any atom is -0.493 e. The van der Waals surface area contributed by atoms with Gasteiger partial charge in [-0.05, 0) is 43.7 Å². The number of carbonyl (C=O) groups is 1. The second-order valence-electron chi connectivity index (χ2n) is 5.31. The van der Waals surface area contributed by atoms with Crippen molar-refractivity contribution in [2.24, 2.45) is 11.8 Å². The number of aliphatic carboxylic acids is 1. The van der Waals surface area contributed by atoms with E-state index in [-0.39, 0.29) is 5.92 Å². The predicted octanol–water partition coefficient (Wildman–Crippen LogP) is 3.05. The van der Waals surface area contributed by atoms with Crippen LogP contribution in [0.4, 0.5) is 0 Å². The van der Waals surface area contributed by atoms with Crippen LogP contribution in [0.2, 0.25) is 0 Å². The lowest BCUT2D eigenvalue weighted by molar-refractivity contribution is -0.141.